The molecule has 0 bridgehead atoms. The number of carbonyl (C=O) groups excluding carboxylic acids is 2. The fourth-order valence-electron chi connectivity index (χ4n) is 5.10. The second-order valence-electron chi connectivity index (χ2n) is 9.10. The summed E-state index contributed by atoms with van der Waals surface area (Å²) in [7, 11) is 0. The first-order valence-corrected chi connectivity index (χ1v) is 12.3. The van der Waals surface area contributed by atoms with Crippen LogP contribution in [0.4, 0.5) is 0 Å². The molecule has 0 saturated carbocycles. The number of furan rings is 1. The number of hydrogen-bond acceptors (Lipinski definition) is 6. The molecule has 2 aliphatic rings. The standard InChI is InChI=1S/C30H29NO5/c1-3-34-30(33)27-19(2)31-24-16-22(26-13-8-14-35-26)17-25(32)29(24)28(27)21-11-7-12-23(15-21)36-18-20-9-5-4-6-10-20/h4-15,22,28,31H,3,16-18H2,1-2H3/t22-,28+/m0/s1. The normalized spacial score (nSPS) is 19.6. The van der Waals surface area contributed by atoms with E-state index in [0.717, 1.165) is 22.6 Å². The zero-order valence-electron chi connectivity index (χ0n) is 20.5. The van der Waals surface area contributed by atoms with Gasteiger partial charge in [-0.15, -0.1) is 0 Å². The summed E-state index contributed by atoms with van der Waals surface area (Å²) in [4.78, 5) is 26.7. The number of rotatable bonds is 7. The monoisotopic (exact) mass is 483 g/mol. The van der Waals surface area contributed by atoms with E-state index in [4.69, 9.17) is 13.9 Å². The maximum Gasteiger partial charge on any atom is 0.336 e. The number of nitrogens with one attached hydrogen (secondary N) is 1. The number of allylic oxidation sites excluding steroid dienone is 3. The molecule has 0 spiro atoms. The van der Waals surface area contributed by atoms with Gasteiger partial charge in [0.15, 0.2) is 5.78 Å². The van der Waals surface area contributed by atoms with E-state index >= 15 is 0 Å². The van der Waals surface area contributed by atoms with Crippen LogP contribution in [0.1, 0.15) is 55.4 Å². The van der Waals surface area contributed by atoms with Gasteiger partial charge < -0.3 is 19.2 Å². The second kappa shape index (κ2) is 10.3. The molecule has 5 rings (SSSR count). The number of carbonyl (C=O) groups is 2. The molecule has 1 aliphatic carbocycles. The van der Waals surface area contributed by atoms with Crippen LogP contribution in [0.2, 0.25) is 0 Å². The van der Waals surface area contributed by atoms with Gasteiger partial charge in [-0.25, -0.2) is 4.79 Å². The molecule has 1 aliphatic heterocycles. The van der Waals surface area contributed by atoms with Gasteiger partial charge in [0.2, 0.25) is 0 Å². The summed E-state index contributed by atoms with van der Waals surface area (Å²) >= 11 is 0. The highest BCUT2D eigenvalue weighted by atomic mass is 16.5. The maximum atomic E-state index is 13.6. The summed E-state index contributed by atoms with van der Waals surface area (Å²) in [6.07, 6.45) is 2.58. The van der Waals surface area contributed by atoms with Gasteiger partial charge in [0, 0.05) is 35.2 Å². The maximum absolute atomic E-state index is 13.6. The minimum absolute atomic E-state index is 0.0000513. The van der Waals surface area contributed by atoms with E-state index in [1.807, 2.05) is 73.7 Å². The van der Waals surface area contributed by atoms with Crippen LogP contribution in [-0.2, 0) is 20.9 Å². The van der Waals surface area contributed by atoms with Crippen LogP contribution in [0, 0.1) is 0 Å². The van der Waals surface area contributed by atoms with E-state index < -0.39 is 11.9 Å². The highest BCUT2D eigenvalue weighted by Gasteiger charge is 2.42. The summed E-state index contributed by atoms with van der Waals surface area (Å²) in [6.45, 7) is 4.32. The van der Waals surface area contributed by atoms with Crippen molar-refractivity contribution in [1.82, 2.24) is 5.32 Å². The molecule has 0 saturated heterocycles. The Morgan fingerprint density at radius 3 is 2.64 bits per heavy atom. The van der Waals surface area contributed by atoms with Crippen LogP contribution in [0.3, 0.4) is 0 Å². The number of esters is 1. The summed E-state index contributed by atoms with van der Waals surface area (Å²) in [5.74, 6) is 0.468. The highest BCUT2D eigenvalue weighted by molar-refractivity contribution is 6.04. The lowest BCUT2D eigenvalue weighted by atomic mass is 9.72. The molecule has 3 aromatic rings. The van der Waals surface area contributed by atoms with Crippen LogP contribution >= 0.6 is 0 Å². The lowest BCUT2D eigenvalue weighted by molar-refractivity contribution is -0.138. The van der Waals surface area contributed by atoms with E-state index in [-0.39, 0.29) is 18.3 Å². The third kappa shape index (κ3) is 4.71. The largest absolute Gasteiger partial charge is 0.489 e. The Morgan fingerprint density at radius 1 is 1.06 bits per heavy atom. The van der Waals surface area contributed by atoms with Crippen molar-refractivity contribution in [3.8, 4) is 5.75 Å². The number of benzene rings is 2. The van der Waals surface area contributed by atoms with E-state index in [1.165, 1.54) is 0 Å². The van der Waals surface area contributed by atoms with Crippen LogP contribution in [0.5, 0.6) is 5.75 Å². The summed E-state index contributed by atoms with van der Waals surface area (Å²) in [6, 6.07) is 21.3. The molecule has 0 fully saturated rings. The molecule has 0 amide bonds. The molecule has 36 heavy (non-hydrogen) atoms. The van der Waals surface area contributed by atoms with Crippen molar-refractivity contribution in [2.24, 2.45) is 0 Å². The first-order valence-electron chi connectivity index (χ1n) is 12.3. The minimum atomic E-state index is -0.536. The van der Waals surface area contributed by atoms with Crippen molar-refractivity contribution in [3.05, 3.63) is 112 Å². The van der Waals surface area contributed by atoms with Crippen molar-refractivity contribution < 1.29 is 23.5 Å². The first-order chi connectivity index (χ1) is 17.5. The smallest absolute Gasteiger partial charge is 0.336 e. The number of hydrogen-bond donors (Lipinski definition) is 1. The molecule has 184 valence electrons. The Bertz CT molecular complexity index is 1320. The zero-order valence-corrected chi connectivity index (χ0v) is 20.5. The molecule has 6 heteroatoms. The van der Waals surface area contributed by atoms with Gasteiger partial charge in [-0.3, -0.25) is 4.79 Å². The molecular formula is C30H29NO5. The predicted octanol–water partition coefficient (Wildman–Crippen LogP) is 5.78. The van der Waals surface area contributed by atoms with Crippen LogP contribution < -0.4 is 10.1 Å². The topological polar surface area (TPSA) is 77.8 Å². The average molecular weight is 484 g/mol. The van der Waals surface area contributed by atoms with Crippen LogP contribution in [0.15, 0.2) is 100.0 Å². The molecule has 1 aromatic heterocycles. The minimum Gasteiger partial charge on any atom is -0.489 e. The first kappa shape index (κ1) is 23.7. The van der Waals surface area contributed by atoms with E-state index in [0.29, 0.717) is 42.0 Å². The number of ether oxygens (including phenoxy) is 2. The van der Waals surface area contributed by atoms with Crippen LogP contribution in [-0.4, -0.2) is 18.4 Å². The highest BCUT2D eigenvalue weighted by Crippen LogP contribution is 2.46. The Balaban J connectivity index is 1.52. The lowest BCUT2D eigenvalue weighted by Gasteiger charge is -2.36. The summed E-state index contributed by atoms with van der Waals surface area (Å²) in [5.41, 5.74) is 4.48. The molecule has 2 heterocycles. The quantitative estimate of drug-likeness (QED) is 0.429. The fourth-order valence-corrected chi connectivity index (χ4v) is 5.10. The van der Waals surface area contributed by atoms with E-state index in [2.05, 4.69) is 5.32 Å². The number of ketones is 1. The molecule has 1 N–H and O–H groups in total. The summed E-state index contributed by atoms with van der Waals surface area (Å²) in [5, 5.41) is 3.36. The zero-order chi connectivity index (χ0) is 25.1. The Morgan fingerprint density at radius 2 is 1.89 bits per heavy atom. The van der Waals surface area contributed by atoms with Gasteiger partial charge in [-0.1, -0.05) is 42.5 Å². The molecule has 0 radical (unpaired) electrons. The van der Waals surface area contributed by atoms with Gasteiger partial charge in [0.1, 0.15) is 18.1 Å². The van der Waals surface area contributed by atoms with Gasteiger partial charge in [-0.05, 0) is 55.7 Å². The Hall–Kier alpha value is -4.06. The number of dihydropyridines is 1. The van der Waals surface area contributed by atoms with Gasteiger partial charge in [0.05, 0.1) is 18.4 Å². The molecule has 2 atom stereocenters. The van der Waals surface area contributed by atoms with Crippen molar-refractivity contribution >= 4 is 11.8 Å². The van der Waals surface area contributed by atoms with E-state index in [9.17, 15) is 9.59 Å². The number of Topliss-reactive ketones (excluding diaryl/α,β-unsaturated/α-hetero) is 1. The van der Waals surface area contributed by atoms with Crippen molar-refractivity contribution in [2.45, 2.75) is 45.1 Å². The fraction of sp³-hybridized carbons (Fsp3) is 0.267. The molecule has 6 nitrogen and oxygen atoms in total. The third-order valence-corrected chi connectivity index (χ3v) is 6.71. The molecular weight excluding hydrogens is 454 g/mol. The summed E-state index contributed by atoms with van der Waals surface area (Å²) < 4.78 is 17.1. The third-order valence-electron chi connectivity index (χ3n) is 6.71. The van der Waals surface area contributed by atoms with Gasteiger partial charge >= 0.3 is 5.97 Å². The van der Waals surface area contributed by atoms with Crippen molar-refractivity contribution in [2.75, 3.05) is 6.61 Å². The lowest BCUT2D eigenvalue weighted by Crippen LogP contribution is -2.36. The van der Waals surface area contributed by atoms with Crippen molar-refractivity contribution in [1.29, 1.82) is 0 Å². The second-order valence-corrected chi connectivity index (χ2v) is 9.10. The van der Waals surface area contributed by atoms with Crippen molar-refractivity contribution in [3.63, 3.8) is 0 Å². The van der Waals surface area contributed by atoms with Gasteiger partial charge in [-0.2, -0.15) is 0 Å². The Kier molecular flexibility index (Phi) is 6.76. The molecule has 2 aromatic carbocycles. The average Bonchev–Trinajstić information content (AvgIpc) is 3.43. The van der Waals surface area contributed by atoms with Gasteiger partial charge in [0.25, 0.3) is 0 Å². The SMILES string of the molecule is CCOC(=O)C1=C(C)NC2=C(C(=O)C[C@@H](c3ccco3)C2)[C@@H]1c1cccc(OCc2ccccc2)c1. The molecule has 0 unspecified atom stereocenters. The van der Waals surface area contributed by atoms with E-state index in [1.54, 1.807) is 13.2 Å². The Labute approximate surface area is 210 Å². The van der Waals surface area contributed by atoms with Crippen LogP contribution in [0.25, 0.3) is 0 Å². The predicted molar refractivity (Wildman–Crippen MR) is 135 cm³/mol.